The highest BCUT2D eigenvalue weighted by Gasteiger charge is 2.26. The molecule has 0 unspecified atom stereocenters. The van der Waals surface area contributed by atoms with Crippen molar-refractivity contribution in [3.63, 3.8) is 0 Å². The molecule has 2 N–H and O–H groups in total. The number of carbonyl (C=O) groups is 3. The highest BCUT2D eigenvalue weighted by molar-refractivity contribution is 8.01. The molecule has 2 heterocycles. The fraction of sp³-hybridized carbons (Fsp3) is 0.292. The van der Waals surface area contributed by atoms with E-state index in [1.165, 1.54) is 47.3 Å². The van der Waals surface area contributed by atoms with Gasteiger partial charge in [-0.15, -0.1) is 10.2 Å². The molecule has 1 saturated heterocycles. The first-order valence-electron chi connectivity index (χ1n) is 11.5. The van der Waals surface area contributed by atoms with Crippen LogP contribution >= 0.6 is 23.1 Å². The Labute approximate surface area is 222 Å². The van der Waals surface area contributed by atoms with Gasteiger partial charge in [-0.25, -0.2) is 8.42 Å². The summed E-state index contributed by atoms with van der Waals surface area (Å²) in [6, 6.07) is 12.4. The van der Waals surface area contributed by atoms with E-state index < -0.39 is 15.9 Å². The van der Waals surface area contributed by atoms with E-state index in [-0.39, 0.29) is 33.0 Å². The number of nitrogens with one attached hydrogen (secondary N) is 2. The molecule has 13 heteroatoms. The summed E-state index contributed by atoms with van der Waals surface area (Å²) in [4.78, 5) is 36.3. The Morgan fingerprint density at radius 2 is 1.57 bits per heavy atom. The number of sulfonamides is 1. The smallest absolute Gasteiger partial charge is 0.257 e. The van der Waals surface area contributed by atoms with Crippen molar-refractivity contribution in [2.45, 2.75) is 35.4 Å². The molecule has 1 aromatic heterocycles. The van der Waals surface area contributed by atoms with Crippen LogP contribution in [-0.4, -0.2) is 59.4 Å². The van der Waals surface area contributed by atoms with E-state index >= 15 is 0 Å². The van der Waals surface area contributed by atoms with Crippen LogP contribution in [0.2, 0.25) is 0 Å². The van der Waals surface area contributed by atoms with Crippen molar-refractivity contribution in [2.75, 3.05) is 29.5 Å². The lowest BCUT2D eigenvalue weighted by atomic mass is 10.1. The Bertz CT molecular complexity index is 1380. The third-order valence-electron chi connectivity index (χ3n) is 5.60. The van der Waals surface area contributed by atoms with Gasteiger partial charge in [-0.3, -0.25) is 19.7 Å². The van der Waals surface area contributed by atoms with Crippen molar-refractivity contribution in [1.29, 1.82) is 0 Å². The van der Waals surface area contributed by atoms with Crippen LogP contribution in [0.3, 0.4) is 0 Å². The number of aromatic nitrogens is 2. The third-order valence-corrected chi connectivity index (χ3v) is 9.48. The first-order valence-corrected chi connectivity index (χ1v) is 14.8. The number of Topliss-reactive ketones (excluding diaryl/α,β-unsaturated/α-hetero) is 1. The predicted octanol–water partition coefficient (Wildman–Crippen LogP) is 3.90. The summed E-state index contributed by atoms with van der Waals surface area (Å²) in [7, 11) is -3.57. The van der Waals surface area contributed by atoms with Gasteiger partial charge in [-0.1, -0.05) is 29.5 Å². The number of piperidine rings is 1. The molecule has 0 aliphatic carbocycles. The van der Waals surface area contributed by atoms with Crippen LogP contribution in [0.25, 0.3) is 0 Å². The van der Waals surface area contributed by atoms with Crippen LogP contribution in [0.1, 0.15) is 46.9 Å². The monoisotopic (exact) mass is 559 g/mol. The van der Waals surface area contributed by atoms with Gasteiger partial charge in [0.15, 0.2) is 10.1 Å². The van der Waals surface area contributed by atoms with Gasteiger partial charge < -0.3 is 5.32 Å². The summed E-state index contributed by atoms with van der Waals surface area (Å²) in [6.07, 6.45) is 2.73. The quantitative estimate of drug-likeness (QED) is 0.229. The second-order valence-corrected chi connectivity index (χ2v) is 12.4. The molecule has 37 heavy (non-hydrogen) atoms. The maximum absolute atomic E-state index is 12.8. The van der Waals surface area contributed by atoms with Crippen molar-refractivity contribution in [3.8, 4) is 0 Å². The lowest BCUT2D eigenvalue weighted by molar-refractivity contribution is -0.113. The summed E-state index contributed by atoms with van der Waals surface area (Å²) in [6.45, 7) is 2.50. The van der Waals surface area contributed by atoms with Crippen molar-refractivity contribution in [1.82, 2.24) is 14.5 Å². The number of benzene rings is 2. The predicted molar refractivity (Wildman–Crippen MR) is 143 cm³/mol. The maximum atomic E-state index is 12.8. The molecule has 0 spiro atoms. The minimum absolute atomic E-state index is 0.0505. The normalized spacial score (nSPS) is 14.2. The highest BCUT2D eigenvalue weighted by atomic mass is 32.2. The maximum Gasteiger partial charge on any atom is 0.257 e. The first kappa shape index (κ1) is 26.9. The molecule has 0 bridgehead atoms. The number of rotatable bonds is 9. The average molecular weight is 560 g/mol. The van der Waals surface area contributed by atoms with Gasteiger partial charge in [0.1, 0.15) is 0 Å². The van der Waals surface area contributed by atoms with Crippen LogP contribution < -0.4 is 10.6 Å². The zero-order valence-electron chi connectivity index (χ0n) is 20.0. The van der Waals surface area contributed by atoms with E-state index in [0.717, 1.165) is 30.6 Å². The van der Waals surface area contributed by atoms with Crippen molar-refractivity contribution in [3.05, 3.63) is 59.7 Å². The molecule has 1 fully saturated rings. The van der Waals surface area contributed by atoms with E-state index in [4.69, 9.17) is 0 Å². The van der Waals surface area contributed by atoms with Crippen LogP contribution in [0.4, 0.5) is 10.8 Å². The van der Waals surface area contributed by atoms with Gasteiger partial charge in [0.05, 0.1) is 10.6 Å². The molecular weight excluding hydrogens is 534 g/mol. The number of amides is 2. The molecule has 0 saturated carbocycles. The van der Waals surface area contributed by atoms with E-state index in [1.807, 2.05) is 0 Å². The first-order chi connectivity index (χ1) is 17.7. The van der Waals surface area contributed by atoms with Gasteiger partial charge in [0, 0.05) is 29.9 Å². The Kier molecular flexibility index (Phi) is 8.69. The number of thioether (sulfide) groups is 1. The summed E-state index contributed by atoms with van der Waals surface area (Å²) in [5.74, 6) is -0.656. The van der Waals surface area contributed by atoms with Gasteiger partial charge in [-0.05, 0) is 68.3 Å². The minimum atomic E-state index is -3.57. The molecule has 3 aromatic rings. The van der Waals surface area contributed by atoms with Crippen LogP contribution in [0.15, 0.2) is 57.8 Å². The van der Waals surface area contributed by atoms with Crippen LogP contribution in [-0.2, 0) is 14.8 Å². The topological polar surface area (TPSA) is 138 Å². The van der Waals surface area contributed by atoms with Gasteiger partial charge in [-0.2, -0.15) is 4.31 Å². The number of anilines is 2. The van der Waals surface area contributed by atoms with Gasteiger partial charge in [0.2, 0.25) is 21.1 Å². The average Bonchev–Trinajstić information content (AvgIpc) is 3.35. The third kappa shape index (κ3) is 7.01. The molecule has 2 aromatic carbocycles. The zero-order chi connectivity index (χ0) is 26.4. The molecule has 0 atom stereocenters. The highest BCUT2D eigenvalue weighted by Crippen LogP contribution is 2.26. The SMILES string of the molecule is CC(=O)c1ccc(NC(=O)CSc2nnc(NC(=O)c3ccc(S(=O)(=O)N4CCCCC4)cc3)s2)cc1. The van der Waals surface area contributed by atoms with Gasteiger partial charge in [0.25, 0.3) is 5.91 Å². The molecular formula is C24H25N5O5S3. The van der Waals surface area contributed by atoms with E-state index in [9.17, 15) is 22.8 Å². The Morgan fingerprint density at radius 3 is 2.22 bits per heavy atom. The number of nitrogens with zero attached hydrogens (tertiary/aromatic N) is 3. The second kappa shape index (κ2) is 11.9. The van der Waals surface area contributed by atoms with Crippen LogP contribution in [0.5, 0.6) is 0 Å². The minimum Gasteiger partial charge on any atom is -0.325 e. The lowest BCUT2D eigenvalue weighted by Gasteiger charge is -2.25. The summed E-state index contributed by atoms with van der Waals surface area (Å²) in [5.41, 5.74) is 1.43. The van der Waals surface area contributed by atoms with E-state index in [0.29, 0.717) is 28.7 Å². The lowest BCUT2D eigenvalue weighted by Crippen LogP contribution is -2.35. The van der Waals surface area contributed by atoms with E-state index in [1.54, 1.807) is 24.3 Å². The molecule has 2 amide bonds. The Balaban J connectivity index is 1.28. The standard InChI is InChI=1S/C24H25N5O5S3/c1-16(30)17-5-9-19(10-6-17)25-21(31)15-35-24-28-27-23(36-24)26-22(32)18-7-11-20(12-8-18)37(33,34)29-13-3-2-4-14-29/h5-12H,2-4,13-15H2,1H3,(H,25,31)(H,26,27,32). The molecule has 194 valence electrons. The number of hydrogen-bond donors (Lipinski definition) is 2. The van der Waals surface area contributed by atoms with E-state index in [2.05, 4.69) is 20.8 Å². The largest absolute Gasteiger partial charge is 0.325 e. The Hall–Kier alpha value is -3.13. The van der Waals surface area contributed by atoms with Crippen molar-refractivity contribution >= 4 is 61.5 Å². The fourth-order valence-corrected chi connectivity index (χ4v) is 6.70. The Morgan fingerprint density at radius 1 is 0.919 bits per heavy atom. The molecule has 0 radical (unpaired) electrons. The zero-order valence-corrected chi connectivity index (χ0v) is 22.4. The number of ketones is 1. The second-order valence-electron chi connectivity index (χ2n) is 8.29. The van der Waals surface area contributed by atoms with Gasteiger partial charge >= 0.3 is 0 Å². The summed E-state index contributed by atoms with van der Waals surface area (Å²) in [5, 5.41) is 13.6. The molecule has 10 nitrogen and oxygen atoms in total. The molecule has 1 aliphatic heterocycles. The molecule has 1 aliphatic rings. The van der Waals surface area contributed by atoms with Crippen LogP contribution in [0, 0.1) is 0 Å². The van der Waals surface area contributed by atoms with Crippen molar-refractivity contribution < 1.29 is 22.8 Å². The molecule has 4 rings (SSSR count). The fourth-order valence-electron chi connectivity index (χ4n) is 3.63. The summed E-state index contributed by atoms with van der Waals surface area (Å²) >= 11 is 2.30. The number of carbonyl (C=O) groups excluding carboxylic acids is 3. The summed E-state index contributed by atoms with van der Waals surface area (Å²) < 4.78 is 27.5. The van der Waals surface area contributed by atoms with Crippen molar-refractivity contribution in [2.24, 2.45) is 0 Å². The number of hydrogen-bond acceptors (Lipinski definition) is 9.